The average Bonchev–Trinajstić information content (AvgIpc) is 2.79. The molecule has 2 atom stereocenters. The molecule has 1 saturated carbocycles. The Morgan fingerprint density at radius 1 is 1.17 bits per heavy atom. The van der Waals surface area contributed by atoms with E-state index in [0.717, 1.165) is 25.8 Å². The molecule has 0 bridgehead atoms. The van der Waals surface area contributed by atoms with Crippen LogP contribution in [0.2, 0.25) is 0 Å². The quantitative estimate of drug-likeness (QED) is 0.714. The van der Waals surface area contributed by atoms with E-state index in [9.17, 15) is 4.79 Å². The SMILES string of the molecule is CC1(C)[C@@H]2CCNC(=O)[C@@]2(C)CCC12OCCO2. The predicted octanol–water partition coefficient (Wildman–Crippen LogP) is 1.69. The van der Waals surface area contributed by atoms with E-state index in [-0.39, 0.29) is 16.7 Å². The van der Waals surface area contributed by atoms with Gasteiger partial charge in [0.05, 0.1) is 18.6 Å². The first-order valence-electron chi connectivity index (χ1n) is 6.99. The largest absolute Gasteiger partial charge is 0.356 e. The fourth-order valence-corrected chi connectivity index (χ4v) is 4.44. The molecule has 2 aliphatic heterocycles. The van der Waals surface area contributed by atoms with Crippen molar-refractivity contribution < 1.29 is 14.3 Å². The Labute approximate surface area is 108 Å². The van der Waals surface area contributed by atoms with Crippen molar-refractivity contribution in [2.75, 3.05) is 19.8 Å². The van der Waals surface area contributed by atoms with Gasteiger partial charge in [-0.3, -0.25) is 4.79 Å². The van der Waals surface area contributed by atoms with Crippen LogP contribution in [0.3, 0.4) is 0 Å². The summed E-state index contributed by atoms with van der Waals surface area (Å²) in [6, 6.07) is 0. The van der Waals surface area contributed by atoms with Crippen molar-refractivity contribution in [3.05, 3.63) is 0 Å². The molecule has 102 valence electrons. The number of amides is 1. The van der Waals surface area contributed by atoms with Gasteiger partial charge < -0.3 is 14.8 Å². The standard InChI is InChI=1S/C14H23NO3/c1-12(2)10-4-7-15-11(16)13(10,3)5-6-14(12)17-8-9-18-14/h10H,4-9H2,1-3H3,(H,15,16)/t10-,13-/m0/s1. The van der Waals surface area contributed by atoms with Crippen LogP contribution in [0.15, 0.2) is 0 Å². The van der Waals surface area contributed by atoms with Crippen LogP contribution in [0.5, 0.6) is 0 Å². The lowest BCUT2D eigenvalue weighted by molar-refractivity contribution is -0.282. The minimum Gasteiger partial charge on any atom is -0.356 e. The molecule has 1 N–H and O–H groups in total. The maximum Gasteiger partial charge on any atom is 0.226 e. The molecule has 0 unspecified atom stereocenters. The zero-order valence-electron chi connectivity index (χ0n) is 11.5. The number of rotatable bonds is 0. The van der Waals surface area contributed by atoms with Gasteiger partial charge >= 0.3 is 0 Å². The lowest BCUT2D eigenvalue weighted by Crippen LogP contribution is -2.64. The van der Waals surface area contributed by atoms with Crippen LogP contribution in [-0.4, -0.2) is 31.5 Å². The van der Waals surface area contributed by atoms with E-state index in [2.05, 4.69) is 26.1 Å². The Hall–Kier alpha value is -0.610. The van der Waals surface area contributed by atoms with Crippen LogP contribution >= 0.6 is 0 Å². The number of hydrogen-bond donors (Lipinski definition) is 1. The molecule has 0 aromatic carbocycles. The number of piperidine rings is 1. The first-order chi connectivity index (χ1) is 8.42. The molecule has 2 saturated heterocycles. The van der Waals surface area contributed by atoms with Crippen LogP contribution in [-0.2, 0) is 14.3 Å². The summed E-state index contributed by atoms with van der Waals surface area (Å²) in [4.78, 5) is 12.2. The second-order valence-corrected chi connectivity index (χ2v) is 6.69. The fourth-order valence-electron chi connectivity index (χ4n) is 4.44. The Bertz CT molecular complexity index is 373. The van der Waals surface area contributed by atoms with E-state index in [1.54, 1.807) is 0 Å². The minimum absolute atomic E-state index is 0.117. The number of carbonyl (C=O) groups excluding carboxylic acids is 1. The molecule has 0 aromatic rings. The molecule has 4 heteroatoms. The van der Waals surface area contributed by atoms with Crippen molar-refractivity contribution in [1.82, 2.24) is 5.32 Å². The number of nitrogens with one attached hydrogen (secondary N) is 1. The lowest BCUT2D eigenvalue weighted by atomic mass is 9.51. The molecule has 1 amide bonds. The minimum atomic E-state index is -0.463. The van der Waals surface area contributed by atoms with Gasteiger partial charge in [0.25, 0.3) is 0 Å². The van der Waals surface area contributed by atoms with E-state index in [1.807, 2.05) is 0 Å². The van der Waals surface area contributed by atoms with Gasteiger partial charge in [0.1, 0.15) is 0 Å². The van der Waals surface area contributed by atoms with Crippen molar-refractivity contribution in [3.63, 3.8) is 0 Å². The average molecular weight is 253 g/mol. The zero-order valence-corrected chi connectivity index (χ0v) is 11.5. The maximum atomic E-state index is 12.2. The predicted molar refractivity (Wildman–Crippen MR) is 66.9 cm³/mol. The molecule has 0 aromatic heterocycles. The smallest absolute Gasteiger partial charge is 0.226 e. The third kappa shape index (κ3) is 1.36. The molecule has 3 aliphatic rings. The van der Waals surface area contributed by atoms with E-state index in [0.29, 0.717) is 19.1 Å². The first kappa shape index (κ1) is 12.4. The molecular weight excluding hydrogens is 230 g/mol. The number of carbonyl (C=O) groups is 1. The van der Waals surface area contributed by atoms with Gasteiger partial charge in [0.2, 0.25) is 5.91 Å². The van der Waals surface area contributed by atoms with Crippen molar-refractivity contribution in [2.24, 2.45) is 16.7 Å². The summed E-state index contributed by atoms with van der Waals surface area (Å²) >= 11 is 0. The summed E-state index contributed by atoms with van der Waals surface area (Å²) in [5.74, 6) is 0.0692. The second kappa shape index (κ2) is 3.70. The van der Waals surface area contributed by atoms with Crippen LogP contribution in [0.25, 0.3) is 0 Å². The summed E-state index contributed by atoms with van der Waals surface area (Å²) in [6.07, 6.45) is 2.69. The molecule has 1 spiro atoms. The van der Waals surface area contributed by atoms with Crippen molar-refractivity contribution in [2.45, 2.75) is 45.8 Å². The third-order valence-electron chi connectivity index (χ3n) is 5.59. The molecule has 1 aliphatic carbocycles. The topological polar surface area (TPSA) is 47.6 Å². The van der Waals surface area contributed by atoms with Gasteiger partial charge in [0, 0.05) is 18.4 Å². The molecule has 18 heavy (non-hydrogen) atoms. The van der Waals surface area contributed by atoms with Gasteiger partial charge in [-0.2, -0.15) is 0 Å². The highest BCUT2D eigenvalue weighted by Crippen LogP contribution is 2.60. The van der Waals surface area contributed by atoms with Crippen LogP contribution in [0, 0.1) is 16.7 Å². The second-order valence-electron chi connectivity index (χ2n) is 6.69. The summed E-state index contributed by atoms with van der Waals surface area (Å²) in [5.41, 5.74) is -0.378. The van der Waals surface area contributed by atoms with E-state index in [4.69, 9.17) is 9.47 Å². The Morgan fingerprint density at radius 3 is 2.50 bits per heavy atom. The normalized spacial score (nSPS) is 41.5. The summed E-state index contributed by atoms with van der Waals surface area (Å²) in [5, 5.41) is 3.02. The molecule has 0 radical (unpaired) electrons. The monoisotopic (exact) mass is 253 g/mol. The van der Waals surface area contributed by atoms with E-state index in [1.165, 1.54) is 0 Å². The van der Waals surface area contributed by atoms with Crippen LogP contribution in [0.4, 0.5) is 0 Å². The molecule has 2 heterocycles. The lowest BCUT2D eigenvalue weighted by Gasteiger charge is -2.58. The van der Waals surface area contributed by atoms with Gasteiger partial charge in [-0.05, 0) is 18.8 Å². The summed E-state index contributed by atoms with van der Waals surface area (Å²) < 4.78 is 11.9. The fraction of sp³-hybridized carbons (Fsp3) is 0.929. The van der Waals surface area contributed by atoms with E-state index >= 15 is 0 Å². The van der Waals surface area contributed by atoms with Gasteiger partial charge in [-0.25, -0.2) is 0 Å². The van der Waals surface area contributed by atoms with Crippen molar-refractivity contribution >= 4 is 5.91 Å². The highest BCUT2D eigenvalue weighted by molar-refractivity contribution is 5.83. The third-order valence-corrected chi connectivity index (χ3v) is 5.59. The van der Waals surface area contributed by atoms with Crippen LogP contribution in [0.1, 0.15) is 40.0 Å². The zero-order chi connectivity index (χ0) is 13.0. The van der Waals surface area contributed by atoms with Gasteiger partial charge in [-0.1, -0.05) is 20.8 Å². The number of hydrogen-bond acceptors (Lipinski definition) is 3. The summed E-state index contributed by atoms with van der Waals surface area (Å²) in [6.45, 7) is 8.66. The highest BCUT2D eigenvalue weighted by Gasteiger charge is 2.64. The van der Waals surface area contributed by atoms with Crippen molar-refractivity contribution in [1.29, 1.82) is 0 Å². The van der Waals surface area contributed by atoms with Crippen LogP contribution < -0.4 is 5.32 Å². The molecule has 3 rings (SSSR count). The van der Waals surface area contributed by atoms with Crippen molar-refractivity contribution in [3.8, 4) is 0 Å². The number of ether oxygens (including phenoxy) is 2. The Balaban J connectivity index is 1.99. The Kier molecular flexibility index (Phi) is 2.55. The summed E-state index contributed by atoms with van der Waals surface area (Å²) in [7, 11) is 0. The van der Waals surface area contributed by atoms with Gasteiger partial charge in [0.15, 0.2) is 5.79 Å². The number of fused-ring (bicyclic) bond motifs is 1. The van der Waals surface area contributed by atoms with E-state index < -0.39 is 5.79 Å². The first-order valence-corrected chi connectivity index (χ1v) is 6.99. The molecule has 4 nitrogen and oxygen atoms in total. The molecule has 3 fully saturated rings. The maximum absolute atomic E-state index is 12.2. The highest BCUT2D eigenvalue weighted by atomic mass is 16.7. The Morgan fingerprint density at radius 2 is 1.83 bits per heavy atom. The molecular formula is C14H23NO3. The van der Waals surface area contributed by atoms with Gasteiger partial charge in [-0.15, -0.1) is 0 Å².